The van der Waals surface area contributed by atoms with Crippen molar-refractivity contribution in [1.82, 2.24) is 4.90 Å². The Kier molecular flexibility index (Phi) is 11.6. The lowest BCUT2D eigenvalue weighted by Crippen LogP contribution is -2.43. The van der Waals surface area contributed by atoms with E-state index >= 15 is 0 Å². The monoisotopic (exact) mass is 547 g/mol. The van der Waals surface area contributed by atoms with Crippen LogP contribution in [-0.4, -0.2) is 54.7 Å². The zero-order chi connectivity index (χ0) is 28.9. The Morgan fingerprint density at radius 3 is 1.95 bits per heavy atom. The van der Waals surface area contributed by atoms with Gasteiger partial charge in [-0.3, -0.25) is 4.79 Å². The molecule has 1 amide bonds. The quantitative estimate of drug-likeness (QED) is 0.141. The highest BCUT2D eigenvalue weighted by molar-refractivity contribution is 5.96. The van der Waals surface area contributed by atoms with Gasteiger partial charge in [0, 0.05) is 19.0 Å². The van der Waals surface area contributed by atoms with Gasteiger partial charge in [0.25, 0.3) is 5.91 Å². The van der Waals surface area contributed by atoms with Crippen molar-refractivity contribution in [2.45, 2.75) is 51.5 Å². The van der Waals surface area contributed by atoms with Gasteiger partial charge in [0.05, 0.1) is 19.3 Å². The van der Waals surface area contributed by atoms with Crippen molar-refractivity contribution in [2.24, 2.45) is 0 Å². The summed E-state index contributed by atoms with van der Waals surface area (Å²) in [5.41, 5.74) is 1.43. The summed E-state index contributed by atoms with van der Waals surface area (Å²) in [5.74, 6) is -0.403. The molecule has 212 valence electrons. The number of esters is 1. The van der Waals surface area contributed by atoms with E-state index in [1.54, 1.807) is 72.8 Å². The van der Waals surface area contributed by atoms with Crippen molar-refractivity contribution < 1.29 is 33.7 Å². The van der Waals surface area contributed by atoms with Gasteiger partial charge in [-0.1, -0.05) is 44.7 Å². The second-order valence-electron chi connectivity index (χ2n) is 9.52. The number of aliphatic carboxylic acids is 1. The lowest BCUT2D eigenvalue weighted by molar-refractivity contribution is -0.141. The molecule has 3 rings (SSSR count). The number of rotatable bonds is 15. The fraction of sp³-hybridized carbons (Fsp3) is 0.344. The minimum atomic E-state index is -1.12. The number of hydrogen-bond donors (Lipinski definition) is 1. The normalized spacial score (nSPS) is 11.4. The molecule has 0 aromatic heterocycles. The summed E-state index contributed by atoms with van der Waals surface area (Å²) in [6.45, 7) is 2.83. The standard InChI is InChI=1S/C32H37NO7/c1-4-5-6-7-8-21-39-27-19-13-25(14-20-27)32(37)40-28-15-9-23(10-16-28)22-29(31(35)36)33(2)30(34)24-11-17-26(38-3)18-12-24/h9-20,29H,4-8,21-22H2,1-3H3,(H,35,36). The third-order valence-electron chi connectivity index (χ3n) is 6.58. The van der Waals surface area contributed by atoms with Crippen LogP contribution >= 0.6 is 0 Å². The van der Waals surface area contributed by atoms with Crippen LogP contribution in [0.2, 0.25) is 0 Å². The predicted octanol–water partition coefficient (Wildman–Crippen LogP) is 6.03. The maximum atomic E-state index is 12.9. The molecule has 1 unspecified atom stereocenters. The summed E-state index contributed by atoms with van der Waals surface area (Å²) in [6, 6.07) is 18.8. The van der Waals surface area contributed by atoms with Gasteiger partial charge in [-0.2, -0.15) is 0 Å². The molecule has 1 atom stereocenters. The first-order valence-electron chi connectivity index (χ1n) is 13.5. The number of carbonyl (C=O) groups excluding carboxylic acids is 2. The summed E-state index contributed by atoms with van der Waals surface area (Å²) < 4.78 is 16.3. The average Bonchev–Trinajstić information content (AvgIpc) is 2.98. The molecular formula is C32H37NO7. The summed E-state index contributed by atoms with van der Waals surface area (Å²) in [4.78, 5) is 38.7. The van der Waals surface area contributed by atoms with Crippen LogP contribution in [0.15, 0.2) is 72.8 Å². The number of carboxylic acids is 1. The van der Waals surface area contributed by atoms with Crippen molar-refractivity contribution in [2.75, 3.05) is 20.8 Å². The first kappa shape index (κ1) is 30.2. The largest absolute Gasteiger partial charge is 0.497 e. The molecule has 0 radical (unpaired) electrons. The van der Waals surface area contributed by atoms with E-state index < -0.39 is 23.9 Å². The number of carboxylic acid groups (broad SMARTS) is 1. The summed E-state index contributed by atoms with van der Waals surface area (Å²) in [6.07, 6.45) is 5.90. The molecule has 0 fully saturated rings. The molecule has 0 spiro atoms. The molecule has 1 N–H and O–H groups in total. The number of carbonyl (C=O) groups is 3. The van der Waals surface area contributed by atoms with Gasteiger partial charge >= 0.3 is 11.9 Å². The minimum absolute atomic E-state index is 0.0853. The van der Waals surface area contributed by atoms with Crippen molar-refractivity contribution >= 4 is 17.8 Å². The summed E-state index contributed by atoms with van der Waals surface area (Å²) in [5, 5.41) is 9.80. The van der Waals surface area contributed by atoms with Crippen LogP contribution in [0.3, 0.4) is 0 Å². The second-order valence-corrected chi connectivity index (χ2v) is 9.52. The maximum absolute atomic E-state index is 12.9. The number of methoxy groups -OCH3 is 1. The van der Waals surface area contributed by atoms with Crippen LogP contribution in [0.4, 0.5) is 0 Å². The number of likely N-dealkylation sites (N-methyl/N-ethyl adjacent to an activating group) is 1. The second kappa shape index (κ2) is 15.3. The van der Waals surface area contributed by atoms with Crippen LogP contribution < -0.4 is 14.2 Å². The van der Waals surface area contributed by atoms with E-state index in [1.807, 2.05) is 0 Å². The van der Waals surface area contributed by atoms with Crippen molar-refractivity contribution in [1.29, 1.82) is 0 Å². The predicted molar refractivity (Wildman–Crippen MR) is 152 cm³/mol. The van der Waals surface area contributed by atoms with E-state index in [-0.39, 0.29) is 6.42 Å². The molecule has 8 heteroatoms. The number of hydrogen-bond acceptors (Lipinski definition) is 6. The zero-order valence-electron chi connectivity index (χ0n) is 23.3. The highest BCUT2D eigenvalue weighted by Gasteiger charge is 2.27. The van der Waals surface area contributed by atoms with Gasteiger partial charge in [-0.15, -0.1) is 0 Å². The van der Waals surface area contributed by atoms with Gasteiger partial charge in [0.1, 0.15) is 23.3 Å². The first-order valence-corrected chi connectivity index (χ1v) is 13.5. The molecule has 8 nitrogen and oxygen atoms in total. The number of nitrogens with zero attached hydrogens (tertiary/aromatic N) is 1. The fourth-order valence-corrected chi connectivity index (χ4v) is 4.13. The molecule has 0 heterocycles. The Morgan fingerprint density at radius 1 is 0.775 bits per heavy atom. The Morgan fingerprint density at radius 2 is 1.35 bits per heavy atom. The topological polar surface area (TPSA) is 102 Å². The first-order chi connectivity index (χ1) is 19.3. The highest BCUT2D eigenvalue weighted by atomic mass is 16.5. The van der Waals surface area contributed by atoms with Crippen molar-refractivity contribution in [3.05, 3.63) is 89.5 Å². The highest BCUT2D eigenvalue weighted by Crippen LogP contribution is 2.20. The van der Waals surface area contributed by atoms with E-state index in [0.29, 0.717) is 40.5 Å². The van der Waals surface area contributed by atoms with Crippen LogP contribution in [0, 0.1) is 0 Å². The molecule has 3 aromatic rings. The third kappa shape index (κ3) is 8.86. The Hall–Kier alpha value is -4.33. The van der Waals surface area contributed by atoms with Crippen LogP contribution in [0.5, 0.6) is 17.2 Å². The van der Waals surface area contributed by atoms with Gasteiger partial charge in [0.2, 0.25) is 0 Å². The Bertz CT molecular complexity index is 1240. The SMILES string of the molecule is CCCCCCCOc1ccc(C(=O)Oc2ccc(CC(C(=O)O)N(C)C(=O)c3ccc(OC)cc3)cc2)cc1. The Balaban J connectivity index is 1.54. The van der Waals surface area contributed by atoms with Crippen molar-refractivity contribution in [3.8, 4) is 17.2 Å². The van der Waals surface area contributed by atoms with E-state index in [2.05, 4.69) is 6.92 Å². The van der Waals surface area contributed by atoms with E-state index in [0.717, 1.165) is 12.8 Å². The fourth-order valence-electron chi connectivity index (χ4n) is 4.13. The molecule has 0 aliphatic carbocycles. The molecular weight excluding hydrogens is 510 g/mol. The van der Waals surface area contributed by atoms with Gasteiger partial charge in [-0.25, -0.2) is 9.59 Å². The van der Waals surface area contributed by atoms with E-state index in [4.69, 9.17) is 14.2 Å². The van der Waals surface area contributed by atoms with Crippen molar-refractivity contribution in [3.63, 3.8) is 0 Å². The number of ether oxygens (including phenoxy) is 3. The smallest absolute Gasteiger partial charge is 0.343 e. The van der Waals surface area contributed by atoms with Gasteiger partial charge in [-0.05, 0) is 72.6 Å². The number of benzene rings is 3. The number of unbranched alkanes of at least 4 members (excludes halogenated alkanes) is 4. The van der Waals surface area contributed by atoms with Crippen LogP contribution in [0.25, 0.3) is 0 Å². The molecule has 0 aliphatic rings. The van der Waals surface area contributed by atoms with E-state index in [1.165, 1.54) is 38.3 Å². The summed E-state index contributed by atoms with van der Waals surface area (Å²) in [7, 11) is 2.99. The average molecular weight is 548 g/mol. The van der Waals surface area contributed by atoms with Gasteiger partial charge < -0.3 is 24.2 Å². The zero-order valence-corrected chi connectivity index (χ0v) is 23.3. The Labute approximate surface area is 235 Å². The molecule has 0 saturated heterocycles. The maximum Gasteiger partial charge on any atom is 0.343 e. The third-order valence-corrected chi connectivity index (χ3v) is 6.58. The lowest BCUT2D eigenvalue weighted by Gasteiger charge is -2.25. The summed E-state index contributed by atoms with van der Waals surface area (Å²) >= 11 is 0. The molecule has 40 heavy (non-hydrogen) atoms. The van der Waals surface area contributed by atoms with E-state index in [9.17, 15) is 19.5 Å². The molecule has 0 aliphatic heterocycles. The molecule has 0 saturated carbocycles. The lowest BCUT2D eigenvalue weighted by atomic mass is 10.0. The number of amides is 1. The minimum Gasteiger partial charge on any atom is -0.497 e. The van der Waals surface area contributed by atoms with Gasteiger partial charge in [0.15, 0.2) is 0 Å². The molecule has 3 aromatic carbocycles. The van der Waals surface area contributed by atoms with Crippen LogP contribution in [-0.2, 0) is 11.2 Å². The molecule has 0 bridgehead atoms. The van der Waals surface area contributed by atoms with Crippen LogP contribution in [0.1, 0.15) is 65.3 Å².